The van der Waals surface area contributed by atoms with Crippen molar-refractivity contribution in [3.63, 3.8) is 0 Å². The molecule has 0 bridgehead atoms. The van der Waals surface area contributed by atoms with Gasteiger partial charge in [-0.2, -0.15) is 0 Å². The van der Waals surface area contributed by atoms with Gasteiger partial charge in [-0.3, -0.25) is 0 Å². The molecule has 0 aromatic carbocycles. The minimum atomic E-state index is -2.93. The summed E-state index contributed by atoms with van der Waals surface area (Å²) in [5.74, 6) is 0.321. The van der Waals surface area contributed by atoms with E-state index in [-0.39, 0.29) is 23.4 Å². The third kappa shape index (κ3) is 1.72. The van der Waals surface area contributed by atoms with Crippen molar-refractivity contribution in [2.75, 3.05) is 11.5 Å². The fourth-order valence-electron chi connectivity index (χ4n) is 1.63. The van der Waals surface area contributed by atoms with Gasteiger partial charge in [-0.15, -0.1) is 0 Å². The molecule has 2 rings (SSSR count). The standard InChI is InChI=1S/C7H9N3O4S/c1-5-8-7(10(11)12)2-9(5)6-3-15(13,14)4-6/h2,6H,3-4H2,1H3. The van der Waals surface area contributed by atoms with Crippen LogP contribution in [-0.4, -0.2) is 34.4 Å². The van der Waals surface area contributed by atoms with Crippen LogP contribution in [0.1, 0.15) is 11.9 Å². The SMILES string of the molecule is Cc1nc([N+](=O)[O-])cn1C1CS(=O)(=O)C1. The van der Waals surface area contributed by atoms with Crippen LogP contribution in [0.15, 0.2) is 6.20 Å². The molecule has 8 heteroatoms. The Hall–Kier alpha value is -1.44. The molecule has 1 aromatic heterocycles. The third-order valence-electron chi connectivity index (χ3n) is 2.38. The van der Waals surface area contributed by atoms with Crippen molar-refractivity contribution >= 4 is 15.7 Å². The molecule has 15 heavy (non-hydrogen) atoms. The first-order chi connectivity index (χ1) is 6.89. The summed E-state index contributed by atoms with van der Waals surface area (Å²) >= 11 is 0. The minimum absolute atomic E-state index is 0.0430. The monoisotopic (exact) mass is 231 g/mol. The van der Waals surface area contributed by atoms with E-state index in [4.69, 9.17) is 0 Å². The van der Waals surface area contributed by atoms with Crippen LogP contribution >= 0.6 is 0 Å². The van der Waals surface area contributed by atoms with Gasteiger partial charge in [0.25, 0.3) is 0 Å². The van der Waals surface area contributed by atoms with Crippen molar-refractivity contribution in [1.29, 1.82) is 0 Å². The number of sulfone groups is 1. The average Bonchev–Trinajstić information content (AvgIpc) is 2.43. The van der Waals surface area contributed by atoms with Crippen LogP contribution in [0.5, 0.6) is 0 Å². The third-order valence-corrected chi connectivity index (χ3v) is 4.16. The molecule has 1 fully saturated rings. The van der Waals surface area contributed by atoms with Crippen molar-refractivity contribution in [3.8, 4) is 0 Å². The maximum Gasteiger partial charge on any atom is 0.381 e. The first-order valence-electron chi connectivity index (χ1n) is 4.29. The Labute approximate surface area is 85.8 Å². The van der Waals surface area contributed by atoms with E-state index in [1.54, 1.807) is 11.5 Å². The molecule has 1 aliphatic heterocycles. The van der Waals surface area contributed by atoms with Crippen molar-refractivity contribution in [1.82, 2.24) is 9.55 Å². The second-order valence-corrected chi connectivity index (χ2v) is 5.70. The van der Waals surface area contributed by atoms with Crippen LogP contribution in [0, 0.1) is 17.0 Å². The van der Waals surface area contributed by atoms with Crippen LogP contribution in [-0.2, 0) is 9.84 Å². The zero-order valence-electron chi connectivity index (χ0n) is 7.95. The summed E-state index contributed by atoms with van der Waals surface area (Å²) in [7, 11) is -2.93. The average molecular weight is 231 g/mol. The molecule has 82 valence electrons. The number of aromatic nitrogens is 2. The summed E-state index contributed by atoms with van der Waals surface area (Å²) in [6, 6.07) is -0.198. The summed E-state index contributed by atoms with van der Waals surface area (Å²) in [5, 5.41) is 10.4. The number of hydrogen-bond donors (Lipinski definition) is 0. The molecule has 0 radical (unpaired) electrons. The van der Waals surface area contributed by atoms with Gasteiger partial charge in [-0.05, 0) is 9.91 Å². The van der Waals surface area contributed by atoms with Gasteiger partial charge in [-0.25, -0.2) is 8.42 Å². The van der Waals surface area contributed by atoms with E-state index in [0.29, 0.717) is 5.82 Å². The Morgan fingerprint density at radius 3 is 2.60 bits per heavy atom. The molecule has 0 amide bonds. The number of rotatable bonds is 2. The molecule has 0 spiro atoms. The minimum Gasteiger partial charge on any atom is -0.358 e. The molecule has 0 N–H and O–H groups in total. The molecule has 2 heterocycles. The summed E-state index contributed by atoms with van der Waals surface area (Å²) < 4.78 is 23.5. The van der Waals surface area contributed by atoms with Gasteiger partial charge in [0.1, 0.15) is 6.20 Å². The molecule has 0 aliphatic carbocycles. The van der Waals surface area contributed by atoms with Crippen molar-refractivity contribution in [2.24, 2.45) is 0 Å². The Morgan fingerprint density at radius 1 is 1.60 bits per heavy atom. The highest BCUT2D eigenvalue weighted by Crippen LogP contribution is 2.26. The molecule has 0 atom stereocenters. The second-order valence-electron chi connectivity index (χ2n) is 3.54. The highest BCUT2D eigenvalue weighted by Gasteiger charge is 2.37. The number of nitrogens with zero attached hydrogens (tertiary/aromatic N) is 3. The van der Waals surface area contributed by atoms with Crippen LogP contribution < -0.4 is 0 Å². The van der Waals surface area contributed by atoms with Crippen LogP contribution in [0.4, 0.5) is 5.82 Å². The quantitative estimate of drug-likeness (QED) is 0.530. The van der Waals surface area contributed by atoms with E-state index in [9.17, 15) is 18.5 Å². The highest BCUT2D eigenvalue weighted by molar-refractivity contribution is 7.92. The summed E-state index contributed by atoms with van der Waals surface area (Å²) in [4.78, 5) is 13.6. The number of aryl methyl sites for hydroxylation is 1. The Bertz CT molecular complexity index is 506. The predicted molar refractivity (Wildman–Crippen MR) is 51.3 cm³/mol. The second kappa shape index (κ2) is 3.02. The van der Waals surface area contributed by atoms with Gasteiger partial charge in [0.2, 0.25) is 5.82 Å². The first kappa shape index (κ1) is 10.1. The number of nitro groups is 1. The van der Waals surface area contributed by atoms with Crippen LogP contribution in [0.3, 0.4) is 0 Å². The molecule has 1 saturated heterocycles. The highest BCUT2D eigenvalue weighted by atomic mass is 32.2. The van der Waals surface area contributed by atoms with Gasteiger partial charge in [0.05, 0.1) is 17.5 Å². The van der Waals surface area contributed by atoms with E-state index in [2.05, 4.69) is 4.98 Å². The first-order valence-corrected chi connectivity index (χ1v) is 6.11. The lowest BCUT2D eigenvalue weighted by Gasteiger charge is -2.26. The maximum absolute atomic E-state index is 11.0. The molecular formula is C7H9N3O4S. The number of imidazole rings is 1. The zero-order chi connectivity index (χ0) is 11.2. The Morgan fingerprint density at radius 2 is 2.20 bits per heavy atom. The predicted octanol–water partition coefficient (Wildman–Crippen LogP) is 0.0692. The van der Waals surface area contributed by atoms with Gasteiger partial charge in [-0.1, -0.05) is 0 Å². The molecule has 0 unspecified atom stereocenters. The van der Waals surface area contributed by atoms with Crippen LogP contribution in [0.2, 0.25) is 0 Å². The Kier molecular flexibility index (Phi) is 2.03. The largest absolute Gasteiger partial charge is 0.381 e. The lowest BCUT2D eigenvalue weighted by atomic mass is 10.3. The van der Waals surface area contributed by atoms with Crippen molar-refractivity contribution in [3.05, 3.63) is 22.1 Å². The lowest BCUT2D eigenvalue weighted by molar-refractivity contribution is -0.389. The van der Waals surface area contributed by atoms with Gasteiger partial charge >= 0.3 is 5.82 Å². The fraction of sp³-hybridized carbons (Fsp3) is 0.571. The topological polar surface area (TPSA) is 95.1 Å². The molecule has 1 aliphatic rings. The molecule has 1 aromatic rings. The van der Waals surface area contributed by atoms with Crippen molar-refractivity contribution < 1.29 is 13.3 Å². The smallest absolute Gasteiger partial charge is 0.358 e. The fourth-order valence-corrected chi connectivity index (χ4v) is 3.02. The van der Waals surface area contributed by atoms with E-state index in [1.165, 1.54) is 6.20 Å². The van der Waals surface area contributed by atoms with E-state index in [0.717, 1.165) is 0 Å². The lowest BCUT2D eigenvalue weighted by Crippen LogP contribution is -2.38. The maximum atomic E-state index is 11.0. The molecular weight excluding hydrogens is 222 g/mol. The zero-order valence-corrected chi connectivity index (χ0v) is 8.77. The normalized spacial score (nSPS) is 19.8. The number of hydrogen-bond acceptors (Lipinski definition) is 5. The van der Waals surface area contributed by atoms with Crippen molar-refractivity contribution in [2.45, 2.75) is 13.0 Å². The van der Waals surface area contributed by atoms with Gasteiger partial charge in [0, 0.05) is 6.92 Å². The molecule has 7 nitrogen and oxygen atoms in total. The van der Waals surface area contributed by atoms with E-state index >= 15 is 0 Å². The van der Waals surface area contributed by atoms with Crippen LogP contribution in [0.25, 0.3) is 0 Å². The summed E-state index contributed by atoms with van der Waals surface area (Å²) in [6.45, 7) is 1.62. The molecule has 0 saturated carbocycles. The van der Waals surface area contributed by atoms with E-state index in [1.807, 2.05) is 0 Å². The van der Waals surface area contributed by atoms with Gasteiger partial charge in [0.15, 0.2) is 9.84 Å². The summed E-state index contributed by atoms with van der Waals surface area (Å²) in [5.41, 5.74) is 0. The van der Waals surface area contributed by atoms with Gasteiger partial charge < -0.3 is 14.7 Å². The Balaban J connectivity index is 2.27. The summed E-state index contributed by atoms with van der Waals surface area (Å²) in [6.07, 6.45) is 1.29. The van der Waals surface area contributed by atoms with E-state index < -0.39 is 14.8 Å².